The van der Waals surface area contributed by atoms with E-state index < -0.39 is 8.07 Å². The summed E-state index contributed by atoms with van der Waals surface area (Å²) in [6.45, 7) is 5.82. The molecule has 0 saturated heterocycles. The van der Waals surface area contributed by atoms with Crippen LogP contribution in [0.3, 0.4) is 0 Å². The van der Waals surface area contributed by atoms with E-state index in [0.717, 1.165) is 37.2 Å². The number of carbonyl (C=O) groups is 1. The minimum Gasteiger partial charge on any atom is -0.469 e. The molecular weight excluding hydrogens is 390 g/mol. The number of nitrogens with zero attached hydrogens (tertiary/aromatic N) is 3. The van der Waals surface area contributed by atoms with Crippen LogP contribution in [0.4, 0.5) is 11.4 Å². The summed E-state index contributed by atoms with van der Waals surface area (Å²) in [6.07, 6.45) is 10.1. The second-order valence-electron chi connectivity index (χ2n) is 8.84. The van der Waals surface area contributed by atoms with E-state index in [0.29, 0.717) is 6.42 Å². The molecule has 0 fully saturated rings. The van der Waals surface area contributed by atoms with E-state index >= 15 is 0 Å². The number of ether oxygens (including phenoxy) is 1. The molecule has 0 aromatic heterocycles. The number of unbranched alkanes of at least 4 members (excludes halogenated alkanes) is 2. The Morgan fingerprint density at radius 2 is 1.93 bits per heavy atom. The molecule has 5 nitrogen and oxygen atoms in total. The van der Waals surface area contributed by atoms with Gasteiger partial charge in [-0.05, 0) is 47.5 Å². The number of hydrogen-bond donors (Lipinski definition) is 0. The number of methoxy groups -OCH3 is 1. The third-order valence-electron chi connectivity index (χ3n) is 6.11. The Morgan fingerprint density at radius 1 is 1.17 bits per heavy atom. The standard InChI is InChI=1S/C24H34N3O2Si/c1-26(2)18-11-13-20-22(16-18)30(5,6)23-17-19(12-14-21(23)25-20)27(3)15-9-7-8-10-24(28)29-4/h11-14,16-17H,7-10,15H2,1-6H3/q+1. The van der Waals surface area contributed by atoms with E-state index in [2.05, 4.69) is 80.1 Å². The summed E-state index contributed by atoms with van der Waals surface area (Å²) in [7, 11) is 5.92. The van der Waals surface area contributed by atoms with Gasteiger partial charge in [-0.1, -0.05) is 19.5 Å². The zero-order valence-corrected chi connectivity index (χ0v) is 20.2. The molecule has 3 rings (SSSR count). The van der Waals surface area contributed by atoms with Crippen molar-refractivity contribution in [3.05, 3.63) is 41.6 Å². The van der Waals surface area contributed by atoms with Gasteiger partial charge in [-0.2, -0.15) is 0 Å². The van der Waals surface area contributed by atoms with Crippen LogP contribution in [0, 0.1) is 0 Å². The monoisotopic (exact) mass is 424 g/mol. The lowest BCUT2D eigenvalue weighted by molar-refractivity contribution is -0.462. The molecule has 0 atom stereocenters. The molecule has 6 heteroatoms. The number of allylic oxidation sites excluding steroid dienone is 4. The Hall–Kier alpha value is -2.47. The Labute approximate surface area is 181 Å². The number of rotatable bonds is 7. The first-order chi connectivity index (χ1) is 14.2. The van der Waals surface area contributed by atoms with Crippen molar-refractivity contribution in [2.24, 2.45) is 4.99 Å². The van der Waals surface area contributed by atoms with E-state index in [9.17, 15) is 4.79 Å². The smallest absolute Gasteiger partial charge is 0.305 e. The van der Waals surface area contributed by atoms with Crippen LogP contribution in [-0.2, 0) is 9.53 Å². The van der Waals surface area contributed by atoms with Gasteiger partial charge in [0.1, 0.15) is 22.2 Å². The van der Waals surface area contributed by atoms with Crippen LogP contribution in [-0.4, -0.2) is 64.8 Å². The topological polar surface area (TPSA) is 44.9 Å². The molecule has 1 heterocycles. The molecular formula is C24H34N3O2Si+. The van der Waals surface area contributed by atoms with Crippen molar-refractivity contribution in [3.63, 3.8) is 0 Å². The highest BCUT2D eigenvalue weighted by Crippen LogP contribution is 2.32. The van der Waals surface area contributed by atoms with Gasteiger partial charge in [0.15, 0.2) is 5.71 Å². The summed E-state index contributed by atoms with van der Waals surface area (Å²) in [6, 6.07) is 6.71. The zero-order chi connectivity index (χ0) is 21.9. The predicted octanol–water partition coefficient (Wildman–Crippen LogP) is 3.61. The first-order valence-corrected chi connectivity index (χ1v) is 13.7. The second-order valence-corrected chi connectivity index (χ2v) is 13.2. The van der Waals surface area contributed by atoms with Gasteiger partial charge in [-0.25, -0.2) is 9.57 Å². The Morgan fingerprint density at radius 3 is 2.63 bits per heavy atom. The van der Waals surface area contributed by atoms with Crippen LogP contribution in [0.15, 0.2) is 46.6 Å². The first kappa shape index (κ1) is 22.2. The lowest BCUT2D eigenvalue weighted by atomic mass is 10.1. The molecule has 0 spiro atoms. The van der Waals surface area contributed by atoms with Gasteiger partial charge in [-0.15, -0.1) is 0 Å². The summed E-state index contributed by atoms with van der Waals surface area (Å²) >= 11 is 0. The molecule has 1 aliphatic carbocycles. The molecule has 30 heavy (non-hydrogen) atoms. The molecule has 0 bridgehead atoms. The van der Waals surface area contributed by atoms with E-state index in [4.69, 9.17) is 9.73 Å². The highest BCUT2D eigenvalue weighted by Gasteiger charge is 2.38. The summed E-state index contributed by atoms with van der Waals surface area (Å²) < 4.78 is 6.87. The lowest BCUT2D eigenvalue weighted by Crippen LogP contribution is -2.49. The van der Waals surface area contributed by atoms with E-state index in [-0.39, 0.29) is 5.97 Å². The molecule has 0 N–H and O–H groups in total. The van der Waals surface area contributed by atoms with Crippen LogP contribution in [0.5, 0.6) is 0 Å². The molecule has 160 valence electrons. The summed E-state index contributed by atoms with van der Waals surface area (Å²) in [4.78, 5) is 18.5. The number of esters is 1. The minimum atomic E-state index is -1.85. The number of carbonyl (C=O) groups excluding carboxylic acids is 1. The van der Waals surface area contributed by atoms with Crippen molar-refractivity contribution in [2.75, 3.05) is 39.7 Å². The van der Waals surface area contributed by atoms with E-state index in [1.54, 1.807) is 0 Å². The largest absolute Gasteiger partial charge is 0.469 e. The second kappa shape index (κ2) is 9.12. The molecule has 0 amide bonds. The van der Waals surface area contributed by atoms with Crippen LogP contribution >= 0.6 is 0 Å². The average molecular weight is 425 g/mol. The third kappa shape index (κ3) is 4.64. The van der Waals surface area contributed by atoms with Gasteiger partial charge in [0.05, 0.1) is 18.5 Å². The van der Waals surface area contributed by atoms with Gasteiger partial charge in [0.25, 0.3) is 0 Å². The number of aliphatic imine (C=N–C) groups is 1. The Kier molecular flexibility index (Phi) is 6.76. The fourth-order valence-electron chi connectivity index (χ4n) is 4.06. The maximum absolute atomic E-state index is 11.2. The van der Waals surface area contributed by atoms with Crippen LogP contribution in [0.25, 0.3) is 0 Å². The normalized spacial score (nSPS) is 16.3. The molecule has 0 saturated carbocycles. The van der Waals surface area contributed by atoms with Crippen LogP contribution in [0.2, 0.25) is 13.1 Å². The highest BCUT2D eigenvalue weighted by molar-refractivity contribution is 7.01. The van der Waals surface area contributed by atoms with Crippen molar-refractivity contribution < 1.29 is 14.1 Å². The maximum atomic E-state index is 11.2. The van der Waals surface area contributed by atoms with Gasteiger partial charge in [0.2, 0.25) is 0 Å². The molecule has 1 aromatic rings. The number of anilines is 1. The van der Waals surface area contributed by atoms with Crippen molar-refractivity contribution in [1.82, 2.24) is 0 Å². The molecule has 1 aliphatic heterocycles. The van der Waals surface area contributed by atoms with Gasteiger partial charge in [-0.3, -0.25) is 4.79 Å². The summed E-state index contributed by atoms with van der Waals surface area (Å²) in [5.74, 6) is -0.119. The van der Waals surface area contributed by atoms with Crippen molar-refractivity contribution in [3.8, 4) is 0 Å². The predicted molar refractivity (Wildman–Crippen MR) is 129 cm³/mol. The molecule has 0 radical (unpaired) electrons. The van der Waals surface area contributed by atoms with E-state index in [1.807, 2.05) is 0 Å². The maximum Gasteiger partial charge on any atom is 0.305 e. The van der Waals surface area contributed by atoms with Crippen LogP contribution in [0.1, 0.15) is 25.7 Å². The van der Waals surface area contributed by atoms with Crippen LogP contribution < -0.4 is 10.1 Å². The van der Waals surface area contributed by atoms with Crippen molar-refractivity contribution in [1.29, 1.82) is 0 Å². The number of fused-ring (bicyclic) bond motifs is 2. The summed E-state index contributed by atoms with van der Waals surface area (Å²) in [5.41, 5.74) is 4.71. The average Bonchev–Trinajstić information content (AvgIpc) is 2.72. The van der Waals surface area contributed by atoms with E-state index in [1.165, 1.54) is 28.9 Å². The van der Waals surface area contributed by atoms with Gasteiger partial charge in [0, 0.05) is 37.9 Å². The van der Waals surface area contributed by atoms with Gasteiger partial charge >= 0.3 is 5.97 Å². The first-order valence-electron chi connectivity index (χ1n) is 10.7. The molecule has 2 aliphatic rings. The quantitative estimate of drug-likeness (QED) is 0.221. The molecule has 0 unspecified atom stereocenters. The highest BCUT2D eigenvalue weighted by atomic mass is 28.3. The SMILES string of the molecule is COC(=O)CCCCCN(C)c1ccc2c(c1)[Si](C)(C)C1=CC(=[N+](C)C)C=CC1=N2. The Bertz CT molecular complexity index is 953. The van der Waals surface area contributed by atoms with Crippen molar-refractivity contribution >= 4 is 42.0 Å². The molecule has 1 aromatic carbocycles. The van der Waals surface area contributed by atoms with Crippen molar-refractivity contribution in [2.45, 2.75) is 38.8 Å². The Balaban J connectivity index is 1.76. The fourth-order valence-corrected chi connectivity index (χ4v) is 6.93. The number of hydrogen-bond acceptors (Lipinski definition) is 4. The third-order valence-corrected chi connectivity index (χ3v) is 9.60. The van der Waals surface area contributed by atoms with Gasteiger partial charge < -0.3 is 9.64 Å². The lowest BCUT2D eigenvalue weighted by Gasteiger charge is -2.34. The number of benzene rings is 1. The zero-order valence-electron chi connectivity index (χ0n) is 19.2. The fraction of sp³-hybridized carbons (Fsp3) is 0.458. The summed E-state index contributed by atoms with van der Waals surface area (Å²) in [5, 5.41) is 2.81. The minimum absolute atomic E-state index is 0.119.